The van der Waals surface area contributed by atoms with Crippen LogP contribution in [-0.2, 0) is 0 Å². The van der Waals surface area contributed by atoms with E-state index >= 15 is 0 Å². The van der Waals surface area contributed by atoms with Gasteiger partial charge in [-0.2, -0.15) is 5.26 Å². The van der Waals surface area contributed by atoms with Crippen molar-refractivity contribution in [2.45, 2.75) is 133 Å². The molecule has 0 aromatic heterocycles. The van der Waals surface area contributed by atoms with Crippen LogP contribution in [0.3, 0.4) is 0 Å². The molecule has 0 saturated heterocycles. The molecule has 0 fully saturated rings. The number of nitriles is 1. The third kappa shape index (κ3) is 7.71. The molecule has 182 valence electrons. The van der Waals surface area contributed by atoms with Crippen molar-refractivity contribution >= 4 is 24.2 Å². The van der Waals surface area contributed by atoms with Crippen LogP contribution in [0, 0.1) is 11.3 Å². The van der Waals surface area contributed by atoms with Crippen LogP contribution in [0.4, 0.5) is 0 Å². The molecule has 0 N–H and O–H groups in total. The van der Waals surface area contributed by atoms with Gasteiger partial charge in [0.1, 0.15) is 0 Å². The van der Waals surface area contributed by atoms with Gasteiger partial charge in [0.15, 0.2) is 0 Å². The first-order chi connectivity index (χ1) is 15.1. The molecular weight excluding hydrogens is 435 g/mol. The Hall–Kier alpha value is -0.639. The maximum Gasteiger partial charge on any atom is 0.0753 e. The highest BCUT2D eigenvalue weighted by Gasteiger charge is 2.44. The van der Waals surface area contributed by atoms with Crippen molar-refractivity contribution in [1.82, 2.24) is 0 Å². The standard InChI is InChI=1S/C28H53NSi3/c1-9-20-32(26(4)5)27(6)17-12-13-24-31(10-2,11-3)25-16-23-30(8,22-15-19-29)21-14-18-28(32)7/h9,12-14,21,26-28H,1,10-11,15-18,20,22-25H2,2-8H3/b13-12-,21-14+. The molecule has 0 aliphatic carbocycles. The Bertz CT molecular complexity index is 658. The zero-order chi connectivity index (χ0) is 24.3. The van der Waals surface area contributed by atoms with Gasteiger partial charge < -0.3 is 0 Å². The van der Waals surface area contributed by atoms with Gasteiger partial charge in [0, 0.05) is 6.42 Å². The van der Waals surface area contributed by atoms with Crippen LogP contribution in [0.1, 0.15) is 67.2 Å². The molecular formula is C28H53NSi3. The van der Waals surface area contributed by atoms with E-state index in [4.69, 9.17) is 0 Å². The highest BCUT2D eigenvalue weighted by molar-refractivity contribution is 6.85. The predicted molar refractivity (Wildman–Crippen MR) is 155 cm³/mol. The molecule has 4 heteroatoms. The van der Waals surface area contributed by atoms with E-state index in [0.29, 0.717) is 0 Å². The molecule has 0 amide bonds. The zero-order valence-corrected chi connectivity index (χ0v) is 25.6. The Morgan fingerprint density at radius 1 is 1.06 bits per heavy atom. The van der Waals surface area contributed by atoms with Crippen molar-refractivity contribution in [2.75, 3.05) is 0 Å². The van der Waals surface area contributed by atoms with Crippen molar-refractivity contribution in [3.63, 3.8) is 0 Å². The van der Waals surface area contributed by atoms with E-state index in [1.165, 1.54) is 55.5 Å². The van der Waals surface area contributed by atoms with E-state index in [-0.39, 0.29) is 0 Å². The lowest BCUT2D eigenvalue weighted by Gasteiger charge is -2.45. The van der Waals surface area contributed by atoms with Crippen LogP contribution >= 0.6 is 0 Å². The van der Waals surface area contributed by atoms with Crippen molar-refractivity contribution in [3.8, 4) is 6.07 Å². The summed E-state index contributed by atoms with van der Waals surface area (Å²) in [5.74, 6) is 0. The monoisotopic (exact) mass is 487 g/mol. The second kappa shape index (κ2) is 13.9. The summed E-state index contributed by atoms with van der Waals surface area (Å²) in [6.07, 6.45) is 14.5. The number of hydrogen-bond acceptors (Lipinski definition) is 1. The summed E-state index contributed by atoms with van der Waals surface area (Å²) in [7, 11) is -4.27. The highest BCUT2D eigenvalue weighted by Crippen LogP contribution is 2.48. The van der Waals surface area contributed by atoms with E-state index in [1.54, 1.807) is 0 Å². The van der Waals surface area contributed by atoms with Crippen LogP contribution in [0.25, 0.3) is 0 Å². The lowest BCUT2D eigenvalue weighted by molar-refractivity contribution is 0.749. The van der Waals surface area contributed by atoms with Crippen LogP contribution < -0.4 is 0 Å². The average Bonchev–Trinajstić information content (AvgIpc) is 2.77. The van der Waals surface area contributed by atoms with Gasteiger partial charge in [-0.15, -0.1) is 6.58 Å². The highest BCUT2D eigenvalue weighted by atomic mass is 28.3. The summed E-state index contributed by atoms with van der Waals surface area (Å²) in [6.45, 7) is 21.7. The fourth-order valence-corrected chi connectivity index (χ4v) is 19.7. The molecule has 0 bridgehead atoms. The predicted octanol–water partition coefficient (Wildman–Crippen LogP) is 10.1. The number of rotatable bonds is 7. The number of allylic oxidation sites excluding steroid dienone is 4. The van der Waals surface area contributed by atoms with Crippen molar-refractivity contribution in [3.05, 3.63) is 36.6 Å². The van der Waals surface area contributed by atoms with Gasteiger partial charge in [-0.25, -0.2) is 0 Å². The average molecular weight is 488 g/mol. The molecule has 0 aromatic rings. The molecule has 1 rings (SSSR count). The fourth-order valence-electron chi connectivity index (χ4n) is 6.64. The van der Waals surface area contributed by atoms with Crippen LogP contribution in [0.5, 0.6) is 0 Å². The first-order valence-corrected chi connectivity index (χ1v) is 21.7. The minimum Gasteiger partial charge on any atom is -0.198 e. The molecule has 1 aliphatic heterocycles. The maximum atomic E-state index is 9.28. The second-order valence-electron chi connectivity index (χ2n) is 11.5. The van der Waals surface area contributed by atoms with Crippen molar-refractivity contribution in [2.24, 2.45) is 0 Å². The Kier molecular flexibility index (Phi) is 12.8. The topological polar surface area (TPSA) is 23.8 Å². The molecule has 0 aromatic carbocycles. The number of nitrogens with zero attached hydrogens (tertiary/aromatic N) is 1. The SMILES string of the molecule is C=CC[Si]1(C(C)C)C(C)C/C=C\C[Si](CC)(CC)CCC[Si](C)(CCC#N)/C=C/CC1C. The first kappa shape index (κ1) is 29.4. The van der Waals surface area contributed by atoms with E-state index < -0.39 is 24.2 Å². The minimum atomic E-state index is -1.55. The van der Waals surface area contributed by atoms with Gasteiger partial charge in [0.2, 0.25) is 0 Å². The Morgan fingerprint density at radius 2 is 1.69 bits per heavy atom. The molecule has 0 radical (unpaired) electrons. The summed E-state index contributed by atoms with van der Waals surface area (Å²) in [5.41, 5.74) is 4.97. The lowest BCUT2D eigenvalue weighted by atomic mass is 10.3. The molecule has 0 saturated carbocycles. The van der Waals surface area contributed by atoms with Gasteiger partial charge in [0.05, 0.1) is 30.3 Å². The normalized spacial score (nSPS) is 34.1. The summed E-state index contributed by atoms with van der Waals surface area (Å²) < 4.78 is 0. The summed E-state index contributed by atoms with van der Waals surface area (Å²) in [4.78, 5) is 0. The van der Waals surface area contributed by atoms with E-state index in [9.17, 15) is 5.26 Å². The van der Waals surface area contributed by atoms with Gasteiger partial charge in [-0.1, -0.05) is 114 Å². The van der Waals surface area contributed by atoms with Gasteiger partial charge in [-0.3, -0.25) is 0 Å². The van der Waals surface area contributed by atoms with Crippen molar-refractivity contribution < 1.29 is 0 Å². The van der Waals surface area contributed by atoms with Crippen molar-refractivity contribution in [1.29, 1.82) is 5.26 Å². The lowest BCUT2D eigenvalue weighted by Crippen LogP contribution is -2.45. The Balaban J connectivity index is 3.37. The van der Waals surface area contributed by atoms with Crippen LogP contribution in [-0.4, -0.2) is 24.2 Å². The molecule has 1 heterocycles. The largest absolute Gasteiger partial charge is 0.198 e. The van der Waals surface area contributed by atoms with Gasteiger partial charge >= 0.3 is 0 Å². The maximum absolute atomic E-state index is 9.28. The molecule has 4 unspecified atom stereocenters. The smallest absolute Gasteiger partial charge is 0.0753 e. The second-order valence-corrected chi connectivity index (χ2v) is 27.2. The van der Waals surface area contributed by atoms with Gasteiger partial charge in [-0.05, 0) is 42.1 Å². The van der Waals surface area contributed by atoms with E-state index in [0.717, 1.165) is 29.1 Å². The zero-order valence-electron chi connectivity index (χ0n) is 22.6. The molecule has 0 spiro atoms. The summed E-state index contributed by atoms with van der Waals surface area (Å²) in [6, 6.07) is 11.8. The Morgan fingerprint density at radius 3 is 2.22 bits per heavy atom. The molecule has 1 aliphatic rings. The fraction of sp³-hybridized carbons (Fsp3) is 0.750. The van der Waals surface area contributed by atoms with E-state index in [1.807, 2.05) is 0 Å². The van der Waals surface area contributed by atoms with E-state index in [2.05, 4.69) is 90.7 Å². The molecule has 1 nitrogen and oxygen atoms in total. The van der Waals surface area contributed by atoms with Crippen LogP contribution in [0.15, 0.2) is 36.6 Å². The Labute approximate surface area is 204 Å². The molecule has 32 heavy (non-hydrogen) atoms. The molecule has 4 atom stereocenters. The quantitative estimate of drug-likeness (QED) is 0.259. The summed E-state index contributed by atoms with van der Waals surface area (Å²) in [5, 5.41) is 9.28. The summed E-state index contributed by atoms with van der Waals surface area (Å²) >= 11 is 0. The van der Waals surface area contributed by atoms with Crippen LogP contribution in [0.2, 0.25) is 65.5 Å². The third-order valence-corrected chi connectivity index (χ3v) is 26.1. The minimum absolute atomic E-state index is 0.730. The third-order valence-electron chi connectivity index (χ3n) is 9.39. The van der Waals surface area contributed by atoms with Gasteiger partial charge in [0.25, 0.3) is 0 Å². The first-order valence-electron chi connectivity index (χ1n) is 13.5. The number of hydrogen-bond donors (Lipinski definition) is 0.